The Kier molecular flexibility index (Phi) is 2.88. The molecule has 78 valence electrons. The lowest BCUT2D eigenvalue weighted by Gasteiger charge is -2.09. The average Bonchev–Trinajstić information content (AvgIpc) is 2.94. The van der Waals surface area contributed by atoms with Crippen LogP contribution < -0.4 is 5.32 Å². The molecule has 0 bridgehead atoms. The number of hydrogen-bond donors (Lipinski definition) is 1. The molecule has 1 N–H and O–H groups in total. The summed E-state index contributed by atoms with van der Waals surface area (Å²) in [5.41, 5.74) is 1.77. The molecule has 0 spiro atoms. The zero-order valence-corrected chi connectivity index (χ0v) is 9.77. The largest absolute Gasteiger partial charge is 0.381 e. The first-order valence-corrected chi connectivity index (χ1v) is 6.32. The summed E-state index contributed by atoms with van der Waals surface area (Å²) in [6.45, 7) is 2.22. The normalized spacial score (nSPS) is 23.3. The van der Waals surface area contributed by atoms with E-state index in [0.29, 0.717) is 6.04 Å². The highest BCUT2D eigenvalue weighted by Gasteiger charge is 2.32. The number of rotatable bonds is 3. The van der Waals surface area contributed by atoms with Crippen molar-refractivity contribution < 1.29 is 0 Å². The Hall–Kier alpha value is -1.14. The van der Waals surface area contributed by atoms with Gasteiger partial charge in [-0.25, -0.2) is 0 Å². The number of thioether (sulfide) groups is 1. The van der Waals surface area contributed by atoms with E-state index in [1.54, 1.807) is 11.8 Å². The van der Waals surface area contributed by atoms with Gasteiger partial charge in [-0.1, -0.05) is 13.0 Å². The molecule has 1 aliphatic carbocycles. The summed E-state index contributed by atoms with van der Waals surface area (Å²) in [7, 11) is 0. The highest BCUT2D eigenvalue weighted by molar-refractivity contribution is 7.98. The summed E-state index contributed by atoms with van der Waals surface area (Å²) in [4.78, 5) is 1.05. The van der Waals surface area contributed by atoms with Crippen molar-refractivity contribution in [1.29, 1.82) is 5.26 Å². The van der Waals surface area contributed by atoms with E-state index in [0.717, 1.165) is 22.1 Å². The molecule has 0 saturated heterocycles. The van der Waals surface area contributed by atoms with Crippen LogP contribution in [0.1, 0.15) is 18.9 Å². The van der Waals surface area contributed by atoms with Gasteiger partial charge in [0.05, 0.1) is 11.3 Å². The third-order valence-electron chi connectivity index (χ3n) is 2.81. The maximum absolute atomic E-state index is 9.13. The molecule has 2 atom stereocenters. The van der Waals surface area contributed by atoms with E-state index in [9.17, 15) is 0 Å². The molecule has 2 unspecified atom stereocenters. The Labute approximate surface area is 94.7 Å². The Morgan fingerprint density at radius 1 is 1.53 bits per heavy atom. The summed E-state index contributed by atoms with van der Waals surface area (Å²) in [6.07, 6.45) is 3.22. The molecule has 1 aromatic rings. The maximum Gasteiger partial charge on any atom is 0.102 e. The van der Waals surface area contributed by atoms with Gasteiger partial charge in [-0.05, 0) is 30.7 Å². The smallest absolute Gasteiger partial charge is 0.102 e. The summed E-state index contributed by atoms with van der Waals surface area (Å²) < 4.78 is 0. The average molecular weight is 218 g/mol. The Balaban J connectivity index is 2.26. The van der Waals surface area contributed by atoms with Gasteiger partial charge >= 0.3 is 0 Å². The third-order valence-corrected chi connectivity index (χ3v) is 3.59. The van der Waals surface area contributed by atoms with Gasteiger partial charge in [-0.3, -0.25) is 0 Å². The van der Waals surface area contributed by atoms with Crippen LogP contribution in [0.4, 0.5) is 5.69 Å². The van der Waals surface area contributed by atoms with E-state index in [-0.39, 0.29) is 0 Å². The van der Waals surface area contributed by atoms with E-state index >= 15 is 0 Å². The van der Waals surface area contributed by atoms with Crippen LogP contribution in [-0.4, -0.2) is 12.3 Å². The Morgan fingerprint density at radius 3 is 2.80 bits per heavy atom. The fourth-order valence-electron chi connectivity index (χ4n) is 1.66. The van der Waals surface area contributed by atoms with Crippen molar-refractivity contribution in [2.75, 3.05) is 11.6 Å². The zero-order valence-electron chi connectivity index (χ0n) is 8.95. The van der Waals surface area contributed by atoms with Crippen molar-refractivity contribution in [2.45, 2.75) is 24.3 Å². The molecular weight excluding hydrogens is 204 g/mol. The lowest BCUT2D eigenvalue weighted by molar-refractivity contribution is 0.928. The van der Waals surface area contributed by atoms with Crippen LogP contribution in [0, 0.1) is 17.2 Å². The summed E-state index contributed by atoms with van der Waals surface area (Å²) >= 11 is 1.62. The van der Waals surface area contributed by atoms with Crippen molar-refractivity contribution in [3.05, 3.63) is 23.8 Å². The van der Waals surface area contributed by atoms with Crippen LogP contribution in [0.15, 0.2) is 23.1 Å². The second-order valence-electron chi connectivity index (χ2n) is 3.96. The van der Waals surface area contributed by atoms with Crippen molar-refractivity contribution in [2.24, 2.45) is 5.92 Å². The lowest BCUT2D eigenvalue weighted by Crippen LogP contribution is -2.05. The Morgan fingerprint density at radius 2 is 2.27 bits per heavy atom. The zero-order chi connectivity index (χ0) is 10.8. The first kappa shape index (κ1) is 10.4. The van der Waals surface area contributed by atoms with Gasteiger partial charge in [0, 0.05) is 10.9 Å². The summed E-state index contributed by atoms with van der Waals surface area (Å²) in [6, 6.07) is 8.83. The van der Waals surface area contributed by atoms with Gasteiger partial charge < -0.3 is 5.32 Å². The minimum atomic E-state index is 0.564. The lowest BCUT2D eigenvalue weighted by atomic mass is 10.2. The molecule has 0 heterocycles. The standard InChI is InChI=1S/C12H14N2S/c1-8-6-11(8)14-10-4-3-5-12(15-2)9(10)7-13/h3-5,8,11,14H,6H2,1-2H3. The predicted molar refractivity (Wildman–Crippen MR) is 64.1 cm³/mol. The number of nitrogens with one attached hydrogen (secondary N) is 1. The summed E-state index contributed by atoms with van der Waals surface area (Å²) in [5, 5.41) is 12.6. The van der Waals surface area contributed by atoms with E-state index in [4.69, 9.17) is 5.26 Å². The number of nitriles is 1. The van der Waals surface area contributed by atoms with Crippen LogP contribution in [0.3, 0.4) is 0 Å². The fourth-order valence-corrected chi connectivity index (χ4v) is 2.23. The third kappa shape index (κ3) is 2.10. The van der Waals surface area contributed by atoms with Gasteiger partial charge in [0.25, 0.3) is 0 Å². The first-order valence-electron chi connectivity index (χ1n) is 5.10. The van der Waals surface area contributed by atoms with Crippen LogP contribution >= 0.6 is 11.8 Å². The van der Waals surface area contributed by atoms with E-state index in [2.05, 4.69) is 18.3 Å². The first-order chi connectivity index (χ1) is 7.26. The van der Waals surface area contributed by atoms with E-state index in [1.165, 1.54) is 6.42 Å². The van der Waals surface area contributed by atoms with Crippen molar-refractivity contribution in [1.82, 2.24) is 0 Å². The molecule has 1 aliphatic rings. The van der Waals surface area contributed by atoms with Crippen LogP contribution in [0.5, 0.6) is 0 Å². The number of nitrogens with zero attached hydrogens (tertiary/aromatic N) is 1. The molecule has 15 heavy (non-hydrogen) atoms. The van der Waals surface area contributed by atoms with Crippen molar-refractivity contribution >= 4 is 17.4 Å². The van der Waals surface area contributed by atoms with Crippen molar-refractivity contribution in [3.63, 3.8) is 0 Å². The van der Waals surface area contributed by atoms with E-state index in [1.807, 2.05) is 24.5 Å². The second kappa shape index (κ2) is 4.16. The highest BCUT2D eigenvalue weighted by atomic mass is 32.2. The monoisotopic (exact) mass is 218 g/mol. The maximum atomic E-state index is 9.13. The predicted octanol–water partition coefficient (Wildman–Crippen LogP) is 3.10. The molecule has 2 nitrogen and oxygen atoms in total. The van der Waals surface area contributed by atoms with Crippen LogP contribution in [0.2, 0.25) is 0 Å². The second-order valence-corrected chi connectivity index (χ2v) is 4.81. The molecule has 0 amide bonds. The molecule has 1 saturated carbocycles. The van der Waals surface area contributed by atoms with Crippen molar-refractivity contribution in [3.8, 4) is 6.07 Å². The van der Waals surface area contributed by atoms with E-state index < -0.39 is 0 Å². The van der Waals surface area contributed by atoms with Crippen LogP contribution in [-0.2, 0) is 0 Å². The molecule has 3 heteroatoms. The van der Waals surface area contributed by atoms with Gasteiger partial charge in [-0.15, -0.1) is 11.8 Å². The molecule has 0 aliphatic heterocycles. The van der Waals surface area contributed by atoms with Gasteiger partial charge in [-0.2, -0.15) is 5.26 Å². The van der Waals surface area contributed by atoms with Gasteiger partial charge in [0.2, 0.25) is 0 Å². The number of benzene rings is 1. The fraction of sp³-hybridized carbons (Fsp3) is 0.417. The Bertz CT molecular complexity index is 409. The van der Waals surface area contributed by atoms with Gasteiger partial charge in [0.1, 0.15) is 6.07 Å². The highest BCUT2D eigenvalue weighted by Crippen LogP contribution is 2.35. The SMILES string of the molecule is CSc1cccc(NC2CC2C)c1C#N. The molecular formula is C12H14N2S. The number of anilines is 1. The topological polar surface area (TPSA) is 35.8 Å². The molecule has 2 rings (SSSR count). The minimum Gasteiger partial charge on any atom is -0.381 e. The number of hydrogen-bond acceptors (Lipinski definition) is 3. The quantitative estimate of drug-likeness (QED) is 0.792. The van der Waals surface area contributed by atoms with Crippen LogP contribution in [0.25, 0.3) is 0 Å². The van der Waals surface area contributed by atoms with Gasteiger partial charge in [0.15, 0.2) is 0 Å². The molecule has 0 aromatic heterocycles. The minimum absolute atomic E-state index is 0.564. The molecule has 1 fully saturated rings. The molecule has 0 radical (unpaired) electrons. The molecule has 1 aromatic carbocycles. The summed E-state index contributed by atoms with van der Waals surface area (Å²) in [5.74, 6) is 0.745.